The fraction of sp³-hybridized carbons (Fsp3) is 0.200. The molecule has 0 atom stereocenters. The zero-order valence-corrected chi connectivity index (χ0v) is 12.5. The first-order valence-corrected chi connectivity index (χ1v) is 7.27. The summed E-state index contributed by atoms with van der Waals surface area (Å²) in [5, 5.41) is 13.9. The van der Waals surface area contributed by atoms with Crippen molar-refractivity contribution in [2.24, 2.45) is 0 Å². The van der Waals surface area contributed by atoms with Crippen LogP contribution in [0.4, 0.5) is 0 Å². The number of phenolic OH excluding ortho intramolecular Hbond substituents is 1. The van der Waals surface area contributed by atoms with E-state index in [0.29, 0.717) is 23.3 Å². The van der Waals surface area contributed by atoms with E-state index < -0.39 is 5.63 Å². The van der Waals surface area contributed by atoms with Crippen molar-refractivity contribution in [2.45, 2.75) is 6.54 Å². The van der Waals surface area contributed by atoms with Gasteiger partial charge >= 0.3 is 5.63 Å². The highest BCUT2D eigenvalue weighted by Gasteiger charge is 2.18. The van der Waals surface area contributed by atoms with E-state index in [1.807, 2.05) is 24.4 Å². The maximum absolute atomic E-state index is 11.5. The highest BCUT2D eigenvalue weighted by Crippen LogP contribution is 2.38. The Morgan fingerprint density at radius 2 is 2.19 bits per heavy atom. The van der Waals surface area contributed by atoms with Crippen LogP contribution in [-0.4, -0.2) is 29.1 Å². The number of benzene rings is 1. The van der Waals surface area contributed by atoms with Crippen LogP contribution in [0.3, 0.4) is 0 Å². The van der Waals surface area contributed by atoms with Gasteiger partial charge in [-0.05, 0) is 26.2 Å². The Bertz CT molecular complexity index is 838. The van der Waals surface area contributed by atoms with E-state index in [1.165, 1.54) is 17.4 Å². The summed E-state index contributed by atoms with van der Waals surface area (Å²) in [6.45, 7) is 0.467. The van der Waals surface area contributed by atoms with Gasteiger partial charge in [0.1, 0.15) is 16.3 Å². The molecule has 3 rings (SSSR count). The minimum absolute atomic E-state index is 0.112. The van der Waals surface area contributed by atoms with Gasteiger partial charge in [-0.1, -0.05) is 0 Å². The number of hydrogen-bond acceptors (Lipinski definition) is 6. The Kier molecular flexibility index (Phi) is 3.48. The Morgan fingerprint density at radius 3 is 2.86 bits per heavy atom. The number of hydrogen-bond donors (Lipinski definition) is 1. The summed E-state index contributed by atoms with van der Waals surface area (Å²) in [7, 11) is 3.78. The topological polar surface area (TPSA) is 66.6 Å². The normalized spacial score (nSPS) is 11.4. The Labute approximate surface area is 125 Å². The van der Waals surface area contributed by atoms with E-state index in [0.717, 1.165) is 10.4 Å². The molecule has 1 N–H and O–H groups in total. The lowest BCUT2D eigenvalue weighted by molar-refractivity contribution is 0.384. The second-order valence-electron chi connectivity index (χ2n) is 5.00. The molecular weight excluding hydrogens is 288 g/mol. The molecule has 6 heteroatoms. The van der Waals surface area contributed by atoms with E-state index in [2.05, 4.69) is 4.98 Å². The predicted octanol–water partition coefficient (Wildman–Crippen LogP) is 2.68. The molecule has 3 aromatic rings. The van der Waals surface area contributed by atoms with Gasteiger partial charge in [-0.25, -0.2) is 9.78 Å². The van der Waals surface area contributed by atoms with Crippen LogP contribution < -0.4 is 5.63 Å². The Balaban J connectivity index is 2.34. The molecule has 5 nitrogen and oxygen atoms in total. The summed E-state index contributed by atoms with van der Waals surface area (Å²) in [4.78, 5) is 17.6. The highest BCUT2D eigenvalue weighted by atomic mass is 32.1. The van der Waals surface area contributed by atoms with Crippen LogP contribution >= 0.6 is 11.3 Å². The third-order valence-corrected chi connectivity index (χ3v) is 3.92. The van der Waals surface area contributed by atoms with Gasteiger partial charge in [0.2, 0.25) is 0 Å². The minimum Gasteiger partial charge on any atom is -0.507 e. The number of aromatic hydroxyl groups is 1. The molecule has 1 aromatic carbocycles. The third kappa shape index (κ3) is 2.55. The molecule has 0 spiro atoms. The smallest absolute Gasteiger partial charge is 0.336 e. The lowest BCUT2D eigenvalue weighted by atomic mass is 10.0. The second-order valence-corrected chi connectivity index (χ2v) is 5.89. The largest absolute Gasteiger partial charge is 0.507 e. The van der Waals surface area contributed by atoms with Gasteiger partial charge in [0.25, 0.3) is 0 Å². The number of nitrogens with zero attached hydrogens (tertiary/aromatic N) is 2. The van der Waals surface area contributed by atoms with Crippen molar-refractivity contribution >= 4 is 22.3 Å². The predicted molar refractivity (Wildman–Crippen MR) is 82.6 cm³/mol. The average Bonchev–Trinajstić information content (AvgIpc) is 2.95. The van der Waals surface area contributed by atoms with Gasteiger partial charge in [0, 0.05) is 29.6 Å². The Hall–Kier alpha value is -2.18. The quantitative estimate of drug-likeness (QED) is 0.753. The summed E-state index contributed by atoms with van der Waals surface area (Å²) < 4.78 is 5.29. The number of aromatic nitrogens is 1. The number of fused-ring (bicyclic) bond motifs is 1. The van der Waals surface area contributed by atoms with Crippen LogP contribution in [0.25, 0.3) is 21.5 Å². The number of phenols is 1. The first-order chi connectivity index (χ1) is 10.1. The molecule has 0 bridgehead atoms. The highest BCUT2D eigenvalue weighted by molar-refractivity contribution is 7.13. The maximum atomic E-state index is 11.5. The Morgan fingerprint density at radius 1 is 1.38 bits per heavy atom. The van der Waals surface area contributed by atoms with Gasteiger partial charge < -0.3 is 14.4 Å². The molecule has 108 valence electrons. The zero-order chi connectivity index (χ0) is 15.0. The lowest BCUT2D eigenvalue weighted by Crippen LogP contribution is -2.12. The summed E-state index contributed by atoms with van der Waals surface area (Å²) in [6, 6.07) is 4.88. The monoisotopic (exact) mass is 302 g/mol. The van der Waals surface area contributed by atoms with Gasteiger partial charge in [-0.2, -0.15) is 0 Å². The molecular formula is C15H14N2O3S. The maximum Gasteiger partial charge on any atom is 0.336 e. The fourth-order valence-electron chi connectivity index (χ4n) is 2.25. The van der Waals surface area contributed by atoms with E-state index in [1.54, 1.807) is 18.3 Å². The summed E-state index contributed by atoms with van der Waals surface area (Å²) in [5.41, 5.74) is 1.25. The van der Waals surface area contributed by atoms with E-state index in [-0.39, 0.29) is 5.75 Å². The van der Waals surface area contributed by atoms with Crippen LogP contribution in [0.5, 0.6) is 5.75 Å². The van der Waals surface area contributed by atoms with Crippen molar-refractivity contribution < 1.29 is 9.52 Å². The van der Waals surface area contributed by atoms with E-state index >= 15 is 0 Å². The molecule has 21 heavy (non-hydrogen) atoms. The summed E-state index contributed by atoms with van der Waals surface area (Å²) >= 11 is 1.45. The summed E-state index contributed by atoms with van der Waals surface area (Å²) in [5.74, 6) is 0.112. The SMILES string of the molecule is CN(C)Cc1c(O)c(-c2nccs2)cc2ccc(=O)oc12. The molecule has 0 aliphatic carbocycles. The molecule has 2 heterocycles. The minimum atomic E-state index is -0.427. The van der Waals surface area contributed by atoms with E-state index in [4.69, 9.17) is 4.42 Å². The first kappa shape index (κ1) is 13.8. The molecule has 0 radical (unpaired) electrons. The molecule has 2 aromatic heterocycles. The molecule has 0 aliphatic rings. The molecule has 0 aliphatic heterocycles. The van der Waals surface area contributed by atoms with Crippen molar-refractivity contribution in [3.8, 4) is 16.3 Å². The zero-order valence-electron chi connectivity index (χ0n) is 11.7. The van der Waals surface area contributed by atoms with Crippen molar-refractivity contribution in [2.75, 3.05) is 14.1 Å². The van der Waals surface area contributed by atoms with Crippen LogP contribution in [0.15, 0.2) is 39.0 Å². The lowest BCUT2D eigenvalue weighted by Gasteiger charge is -2.15. The van der Waals surface area contributed by atoms with Gasteiger partial charge in [-0.3, -0.25) is 0 Å². The van der Waals surface area contributed by atoms with Gasteiger partial charge in [0.15, 0.2) is 0 Å². The first-order valence-electron chi connectivity index (χ1n) is 6.39. The average molecular weight is 302 g/mol. The fourth-order valence-corrected chi connectivity index (χ4v) is 2.91. The van der Waals surface area contributed by atoms with Crippen molar-refractivity contribution in [3.63, 3.8) is 0 Å². The standard InChI is InChI=1S/C15H14N2O3S/c1-17(2)8-11-13(19)10(15-16-5-6-21-15)7-9-3-4-12(18)20-14(9)11/h3-7,19H,8H2,1-2H3. The molecule has 0 saturated heterocycles. The number of thiazole rings is 1. The van der Waals surface area contributed by atoms with Crippen LogP contribution in [0, 0.1) is 0 Å². The van der Waals surface area contributed by atoms with Crippen molar-refractivity contribution in [1.82, 2.24) is 9.88 Å². The van der Waals surface area contributed by atoms with Gasteiger partial charge in [-0.15, -0.1) is 11.3 Å². The summed E-state index contributed by atoms with van der Waals surface area (Å²) in [6.07, 6.45) is 1.69. The number of rotatable bonds is 3. The van der Waals surface area contributed by atoms with Crippen molar-refractivity contribution in [1.29, 1.82) is 0 Å². The molecule has 0 saturated carbocycles. The van der Waals surface area contributed by atoms with Gasteiger partial charge in [0.05, 0.1) is 11.1 Å². The second kappa shape index (κ2) is 5.31. The van der Waals surface area contributed by atoms with Crippen LogP contribution in [-0.2, 0) is 6.54 Å². The third-order valence-electron chi connectivity index (χ3n) is 3.12. The van der Waals surface area contributed by atoms with Crippen LogP contribution in [0.1, 0.15) is 5.56 Å². The molecule has 0 unspecified atom stereocenters. The molecule has 0 fully saturated rings. The van der Waals surface area contributed by atoms with Crippen LogP contribution in [0.2, 0.25) is 0 Å². The van der Waals surface area contributed by atoms with E-state index in [9.17, 15) is 9.90 Å². The molecule has 0 amide bonds. The van der Waals surface area contributed by atoms with Crippen molar-refractivity contribution in [3.05, 3.63) is 45.8 Å².